The molecule has 0 unspecified atom stereocenters. The SMILES string of the molecule is CCOc1cccc(-c2c(C(=O)N/N=C(/C)c3ccc(Cl)cc3)nnn2-c2nonc2N)c1. The molecule has 0 atom stereocenters. The first kappa shape index (κ1) is 22.0. The van der Waals surface area contributed by atoms with Crippen LogP contribution in [0, 0.1) is 0 Å². The smallest absolute Gasteiger partial charge is 0.294 e. The van der Waals surface area contributed by atoms with Gasteiger partial charge in [0.1, 0.15) is 11.4 Å². The monoisotopic (exact) mass is 466 g/mol. The van der Waals surface area contributed by atoms with E-state index in [-0.39, 0.29) is 17.3 Å². The van der Waals surface area contributed by atoms with Crippen LogP contribution in [0.2, 0.25) is 5.02 Å². The van der Waals surface area contributed by atoms with Crippen LogP contribution in [0.15, 0.2) is 58.3 Å². The highest BCUT2D eigenvalue weighted by molar-refractivity contribution is 6.30. The average Bonchev–Trinajstić information content (AvgIpc) is 3.44. The molecule has 4 rings (SSSR count). The number of nitrogens with two attached hydrogens (primary N) is 1. The molecule has 0 aliphatic carbocycles. The number of ether oxygens (including phenoxy) is 1. The number of hydrazone groups is 1. The largest absolute Gasteiger partial charge is 0.494 e. The molecular weight excluding hydrogens is 448 g/mol. The summed E-state index contributed by atoms with van der Waals surface area (Å²) >= 11 is 5.92. The number of hydrogen-bond acceptors (Lipinski definition) is 9. The molecule has 0 spiro atoms. The van der Waals surface area contributed by atoms with E-state index in [4.69, 9.17) is 22.1 Å². The van der Waals surface area contributed by atoms with Crippen molar-refractivity contribution in [1.29, 1.82) is 0 Å². The zero-order chi connectivity index (χ0) is 23.4. The Morgan fingerprint density at radius 3 is 2.73 bits per heavy atom. The molecule has 0 fully saturated rings. The fourth-order valence-corrected chi connectivity index (χ4v) is 3.15. The Bertz CT molecular complexity index is 1310. The Labute approximate surface area is 193 Å². The summed E-state index contributed by atoms with van der Waals surface area (Å²) in [6.45, 7) is 4.11. The number of anilines is 1. The summed E-state index contributed by atoms with van der Waals surface area (Å²) < 4.78 is 11.6. The Hall–Kier alpha value is -4.25. The van der Waals surface area contributed by atoms with Gasteiger partial charge in [-0.1, -0.05) is 41.1 Å². The van der Waals surface area contributed by atoms with E-state index in [1.165, 1.54) is 4.68 Å². The third-order valence-electron chi connectivity index (χ3n) is 4.59. The summed E-state index contributed by atoms with van der Waals surface area (Å²) in [7, 11) is 0. The minimum absolute atomic E-state index is 0.00120. The van der Waals surface area contributed by atoms with Crippen molar-refractivity contribution >= 4 is 29.0 Å². The second-order valence-electron chi connectivity index (χ2n) is 6.78. The highest BCUT2D eigenvalue weighted by Gasteiger charge is 2.25. The van der Waals surface area contributed by atoms with Crippen molar-refractivity contribution in [3.8, 4) is 22.8 Å². The number of carbonyl (C=O) groups is 1. The molecule has 2 aromatic carbocycles. The van der Waals surface area contributed by atoms with Gasteiger partial charge in [0.05, 0.1) is 12.3 Å². The van der Waals surface area contributed by atoms with E-state index in [0.717, 1.165) is 5.56 Å². The van der Waals surface area contributed by atoms with Crippen LogP contribution in [-0.2, 0) is 0 Å². The number of benzene rings is 2. The van der Waals surface area contributed by atoms with Crippen molar-refractivity contribution < 1.29 is 14.2 Å². The van der Waals surface area contributed by atoms with Crippen LogP contribution in [0.5, 0.6) is 5.75 Å². The molecule has 2 aromatic heterocycles. The van der Waals surface area contributed by atoms with Crippen LogP contribution in [0.1, 0.15) is 29.9 Å². The summed E-state index contributed by atoms with van der Waals surface area (Å²) in [6.07, 6.45) is 0. The quantitative estimate of drug-likeness (QED) is 0.312. The van der Waals surface area contributed by atoms with Gasteiger partial charge in [0.2, 0.25) is 11.6 Å². The van der Waals surface area contributed by atoms with Gasteiger partial charge in [0.15, 0.2) is 5.69 Å². The van der Waals surface area contributed by atoms with E-state index in [2.05, 4.69) is 35.8 Å². The molecule has 33 heavy (non-hydrogen) atoms. The van der Waals surface area contributed by atoms with Gasteiger partial charge in [-0.05, 0) is 54.0 Å². The maximum Gasteiger partial charge on any atom is 0.294 e. The lowest BCUT2D eigenvalue weighted by atomic mass is 10.1. The number of amides is 1. The fraction of sp³-hybridized carbons (Fsp3) is 0.143. The van der Waals surface area contributed by atoms with Crippen LogP contribution in [0.4, 0.5) is 5.82 Å². The number of aromatic nitrogens is 5. The molecule has 1 amide bonds. The zero-order valence-corrected chi connectivity index (χ0v) is 18.4. The number of nitrogens with zero attached hydrogens (tertiary/aromatic N) is 6. The van der Waals surface area contributed by atoms with Crippen molar-refractivity contribution in [2.75, 3.05) is 12.3 Å². The number of nitrogens with one attached hydrogen (secondary N) is 1. The first-order valence-electron chi connectivity index (χ1n) is 9.85. The first-order chi connectivity index (χ1) is 16.0. The molecule has 0 aliphatic rings. The Balaban J connectivity index is 1.72. The number of hydrogen-bond donors (Lipinski definition) is 2. The molecule has 0 saturated heterocycles. The molecule has 168 valence electrons. The van der Waals surface area contributed by atoms with Crippen molar-refractivity contribution in [3.63, 3.8) is 0 Å². The second kappa shape index (κ2) is 9.49. The molecule has 0 aliphatic heterocycles. The van der Waals surface area contributed by atoms with Crippen molar-refractivity contribution in [3.05, 3.63) is 64.8 Å². The van der Waals surface area contributed by atoms with Crippen LogP contribution >= 0.6 is 11.6 Å². The maximum absolute atomic E-state index is 13.0. The highest BCUT2D eigenvalue weighted by atomic mass is 35.5. The van der Waals surface area contributed by atoms with E-state index in [9.17, 15) is 4.79 Å². The van der Waals surface area contributed by atoms with Gasteiger partial charge in [-0.2, -0.15) is 9.78 Å². The van der Waals surface area contributed by atoms with Crippen molar-refractivity contribution in [1.82, 2.24) is 30.7 Å². The standard InChI is InChI=1S/C21H19ClN8O3/c1-3-32-16-6-4-5-14(11-16)18-17(25-29-30(18)20-19(23)27-33-28-20)21(31)26-24-12(2)13-7-9-15(22)10-8-13/h4-11H,3H2,1-2H3,(H2,23,27)(H,26,31)/b24-12-. The topological polar surface area (TPSA) is 146 Å². The average molecular weight is 467 g/mol. The zero-order valence-electron chi connectivity index (χ0n) is 17.7. The van der Waals surface area contributed by atoms with E-state index in [1.807, 2.05) is 6.92 Å². The Morgan fingerprint density at radius 2 is 2.03 bits per heavy atom. The minimum atomic E-state index is -0.582. The van der Waals surface area contributed by atoms with Crippen LogP contribution in [0.25, 0.3) is 17.1 Å². The highest BCUT2D eigenvalue weighted by Crippen LogP contribution is 2.29. The molecule has 0 bridgehead atoms. The molecule has 12 heteroatoms. The van der Waals surface area contributed by atoms with E-state index >= 15 is 0 Å². The maximum atomic E-state index is 13.0. The van der Waals surface area contributed by atoms with Gasteiger partial charge in [0, 0.05) is 10.6 Å². The predicted octanol–water partition coefficient (Wildman–Crippen LogP) is 3.11. The first-order valence-corrected chi connectivity index (χ1v) is 10.2. The third-order valence-corrected chi connectivity index (χ3v) is 4.84. The molecule has 0 radical (unpaired) electrons. The molecule has 0 saturated carbocycles. The van der Waals surface area contributed by atoms with Crippen LogP contribution < -0.4 is 15.9 Å². The van der Waals surface area contributed by atoms with Gasteiger partial charge < -0.3 is 10.5 Å². The predicted molar refractivity (Wildman–Crippen MR) is 121 cm³/mol. The summed E-state index contributed by atoms with van der Waals surface area (Å²) in [5.74, 6) is 0.114. The second-order valence-corrected chi connectivity index (χ2v) is 7.21. The molecule has 3 N–H and O–H groups in total. The lowest BCUT2D eigenvalue weighted by Crippen LogP contribution is -2.21. The molecule has 4 aromatic rings. The van der Waals surface area contributed by atoms with Gasteiger partial charge in [-0.3, -0.25) is 4.79 Å². The van der Waals surface area contributed by atoms with Crippen LogP contribution in [0.3, 0.4) is 0 Å². The number of halogens is 1. The van der Waals surface area contributed by atoms with Crippen molar-refractivity contribution in [2.24, 2.45) is 5.10 Å². The van der Waals surface area contributed by atoms with E-state index in [1.54, 1.807) is 55.5 Å². The van der Waals surface area contributed by atoms with Crippen LogP contribution in [-0.4, -0.2) is 43.5 Å². The summed E-state index contributed by atoms with van der Waals surface area (Å²) in [4.78, 5) is 13.0. The molecule has 11 nitrogen and oxygen atoms in total. The van der Waals surface area contributed by atoms with Gasteiger partial charge >= 0.3 is 0 Å². The van der Waals surface area contributed by atoms with E-state index < -0.39 is 5.91 Å². The summed E-state index contributed by atoms with van der Waals surface area (Å²) in [5, 5.41) is 20.2. The van der Waals surface area contributed by atoms with Gasteiger partial charge in [0.25, 0.3) is 5.91 Å². The number of nitrogen functional groups attached to an aromatic ring is 1. The Kier molecular flexibility index (Phi) is 6.31. The lowest BCUT2D eigenvalue weighted by molar-refractivity contribution is 0.0950. The summed E-state index contributed by atoms with van der Waals surface area (Å²) in [6, 6.07) is 14.2. The lowest BCUT2D eigenvalue weighted by Gasteiger charge is -2.08. The number of rotatable bonds is 7. The molecular formula is C21H19ClN8O3. The van der Waals surface area contributed by atoms with Gasteiger partial charge in [-0.15, -0.1) is 5.10 Å². The summed E-state index contributed by atoms with van der Waals surface area (Å²) in [5.41, 5.74) is 10.6. The van der Waals surface area contributed by atoms with Gasteiger partial charge in [-0.25, -0.2) is 10.1 Å². The third kappa shape index (κ3) is 4.67. The molecule has 2 heterocycles. The van der Waals surface area contributed by atoms with E-state index in [0.29, 0.717) is 34.3 Å². The van der Waals surface area contributed by atoms with Crippen molar-refractivity contribution in [2.45, 2.75) is 13.8 Å². The normalized spacial score (nSPS) is 11.4. The Morgan fingerprint density at radius 1 is 1.24 bits per heavy atom. The fourth-order valence-electron chi connectivity index (χ4n) is 3.02. The number of carbonyl (C=O) groups excluding carboxylic acids is 1. The minimum Gasteiger partial charge on any atom is -0.494 e.